The van der Waals surface area contributed by atoms with Gasteiger partial charge in [0.1, 0.15) is 12.6 Å². The lowest BCUT2D eigenvalue weighted by molar-refractivity contribution is -0.146. The van der Waals surface area contributed by atoms with Crippen LogP contribution in [-0.2, 0) is 19.0 Å². The van der Waals surface area contributed by atoms with E-state index in [1.54, 1.807) is 11.8 Å². The number of amides is 1. The molecule has 1 unspecified atom stereocenters. The Labute approximate surface area is 169 Å². The van der Waals surface area contributed by atoms with Crippen molar-refractivity contribution >= 4 is 23.8 Å². The van der Waals surface area contributed by atoms with Gasteiger partial charge in [-0.3, -0.25) is 0 Å². The van der Waals surface area contributed by atoms with Crippen LogP contribution in [0.1, 0.15) is 71.1 Å². The van der Waals surface area contributed by atoms with Crippen molar-refractivity contribution in [3.8, 4) is 0 Å². The number of rotatable bonds is 18. The third-order valence-electron chi connectivity index (χ3n) is 4.20. The van der Waals surface area contributed by atoms with Crippen LogP contribution in [0.2, 0.25) is 0 Å². The van der Waals surface area contributed by atoms with E-state index in [1.807, 2.05) is 6.26 Å². The molecule has 0 saturated heterocycles. The van der Waals surface area contributed by atoms with E-state index in [2.05, 4.69) is 12.2 Å². The van der Waals surface area contributed by atoms with E-state index in [1.165, 1.54) is 52.1 Å². The summed E-state index contributed by atoms with van der Waals surface area (Å²) in [5, 5.41) is 2.59. The number of methoxy groups -OCH3 is 1. The molecule has 0 bridgehead atoms. The fourth-order valence-electron chi connectivity index (χ4n) is 2.57. The number of hydrogen-bond acceptors (Lipinski definition) is 6. The van der Waals surface area contributed by atoms with Crippen LogP contribution in [0.25, 0.3) is 0 Å². The van der Waals surface area contributed by atoms with Gasteiger partial charge in [-0.2, -0.15) is 11.8 Å². The van der Waals surface area contributed by atoms with Crippen molar-refractivity contribution in [2.45, 2.75) is 77.2 Å². The number of hydrogen-bond donors (Lipinski definition) is 1. The van der Waals surface area contributed by atoms with Crippen LogP contribution in [0.4, 0.5) is 4.79 Å². The molecule has 0 aromatic heterocycles. The van der Waals surface area contributed by atoms with Gasteiger partial charge in [0.05, 0.1) is 13.2 Å². The predicted molar refractivity (Wildman–Crippen MR) is 111 cm³/mol. The summed E-state index contributed by atoms with van der Waals surface area (Å²) in [6, 6.07) is -0.661. The number of alkyl carbamates (subject to hydrolysis) is 1. The highest BCUT2D eigenvalue weighted by molar-refractivity contribution is 7.98. The molecular weight excluding hydrogens is 366 g/mol. The minimum absolute atomic E-state index is 0.158. The molecule has 0 spiro atoms. The third kappa shape index (κ3) is 16.9. The van der Waals surface area contributed by atoms with Gasteiger partial charge in [0.2, 0.25) is 0 Å². The molecule has 0 aromatic rings. The van der Waals surface area contributed by atoms with E-state index in [0.29, 0.717) is 19.6 Å². The van der Waals surface area contributed by atoms with Crippen LogP contribution in [0.15, 0.2) is 0 Å². The second-order valence-corrected chi connectivity index (χ2v) is 7.59. The van der Waals surface area contributed by atoms with Gasteiger partial charge < -0.3 is 19.5 Å². The van der Waals surface area contributed by atoms with Gasteiger partial charge in [0.25, 0.3) is 0 Å². The zero-order chi connectivity index (χ0) is 20.2. The molecule has 27 heavy (non-hydrogen) atoms. The van der Waals surface area contributed by atoms with E-state index in [-0.39, 0.29) is 12.6 Å². The molecule has 1 N–H and O–H groups in total. The largest absolute Gasteiger partial charge is 0.464 e. The molecule has 0 aromatic carbocycles. The lowest BCUT2D eigenvalue weighted by Gasteiger charge is -2.17. The number of carbonyl (C=O) groups is 2. The first-order chi connectivity index (χ1) is 13.2. The van der Waals surface area contributed by atoms with Crippen LogP contribution < -0.4 is 5.32 Å². The summed E-state index contributed by atoms with van der Waals surface area (Å²) in [7, 11) is 1.53. The second kappa shape index (κ2) is 19.8. The normalized spacial score (nSPS) is 11.8. The van der Waals surface area contributed by atoms with Gasteiger partial charge in [-0.05, 0) is 24.9 Å². The molecule has 0 aliphatic carbocycles. The van der Waals surface area contributed by atoms with Crippen molar-refractivity contribution in [3.63, 3.8) is 0 Å². The van der Waals surface area contributed by atoms with Gasteiger partial charge in [0, 0.05) is 7.11 Å². The maximum absolute atomic E-state index is 12.2. The Hall–Kier alpha value is -0.950. The molecule has 0 aliphatic rings. The zero-order valence-electron chi connectivity index (χ0n) is 17.4. The number of nitrogens with one attached hydrogen (secondary N) is 1. The molecule has 0 fully saturated rings. The Morgan fingerprint density at radius 1 is 0.889 bits per heavy atom. The van der Waals surface area contributed by atoms with Gasteiger partial charge in [-0.1, -0.05) is 58.3 Å². The molecule has 160 valence electrons. The number of esters is 1. The average Bonchev–Trinajstić information content (AvgIpc) is 2.66. The molecule has 1 amide bonds. The molecule has 0 saturated carbocycles. The first kappa shape index (κ1) is 26.1. The van der Waals surface area contributed by atoms with E-state index in [9.17, 15) is 9.59 Å². The molecule has 0 rings (SSSR count). The highest BCUT2D eigenvalue weighted by Gasteiger charge is 2.22. The summed E-state index contributed by atoms with van der Waals surface area (Å²) < 4.78 is 15.1. The van der Waals surface area contributed by atoms with Gasteiger partial charge in [-0.15, -0.1) is 0 Å². The third-order valence-corrected chi connectivity index (χ3v) is 4.84. The van der Waals surface area contributed by atoms with Crippen molar-refractivity contribution < 1.29 is 23.8 Å². The van der Waals surface area contributed by atoms with Crippen LogP contribution in [0, 0.1) is 0 Å². The number of thioether (sulfide) groups is 1. The van der Waals surface area contributed by atoms with Crippen LogP contribution >= 0.6 is 11.8 Å². The topological polar surface area (TPSA) is 73.9 Å². The van der Waals surface area contributed by atoms with E-state index < -0.39 is 12.1 Å². The van der Waals surface area contributed by atoms with Gasteiger partial charge in [0.15, 0.2) is 0 Å². The lowest BCUT2D eigenvalue weighted by atomic mass is 10.1. The number of carbonyl (C=O) groups excluding carboxylic acids is 2. The Morgan fingerprint density at radius 2 is 1.52 bits per heavy atom. The molecule has 0 heterocycles. The highest BCUT2D eigenvalue weighted by atomic mass is 32.2. The van der Waals surface area contributed by atoms with Crippen molar-refractivity contribution in [1.29, 1.82) is 0 Å². The maximum atomic E-state index is 12.2. The predicted octanol–water partition coefficient (Wildman–Crippen LogP) is 4.55. The SMILES string of the molecule is CCCCCCCCCCCOC(=O)C(CCSC)NC(=O)OCCOC. The van der Waals surface area contributed by atoms with Gasteiger partial charge >= 0.3 is 12.1 Å². The Bertz CT molecular complexity index is 368. The number of unbranched alkanes of at least 4 members (excludes halogenated alkanes) is 8. The van der Waals surface area contributed by atoms with Gasteiger partial charge in [-0.25, -0.2) is 9.59 Å². The van der Waals surface area contributed by atoms with Crippen molar-refractivity contribution in [2.24, 2.45) is 0 Å². The van der Waals surface area contributed by atoms with Crippen LogP contribution in [0.5, 0.6) is 0 Å². The van der Waals surface area contributed by atoms with Crippen molar-refractivity contribution in [2.75, 3.05) is 38.9 Å². The molecule has 7 heteroatoms. The zero-order valence-corrected chi connectivity index (χ0v) is 18.2. The minimum Gasteiger partial charge on any atom is -0.464 e. The van der Waals surface area contributed by atoms with Crippen LogP contribution in [0.3, 0.4) is 0 Å². The summed E-state index contributed by atoms with van der Waals surface area (Å²) >= 11 is 1.62. The quantitative estimate of drug-likeness (QED) is 0.266. The first-order valence-electron chi connectivity index (χ1n) is 10.2. The standard InChI is InChI=1S/C20H39NO5S/c1-4-5-6-7-8-9-10-11-12-14-25-19(22)18(13-17-27-3)21-20(23)26-16-15-24-2/h18H,4-17H2,1-3H3,(H,21,23). The highest BCUT2D eigenvalue weighted by Crippen LogP contribution is 2.10. The van der Waals surface area contributed by atoms with Crippen LogP contribution in [-0.4, -0.2) is 57.0 Å². The number of ether oxygens (including phenoxy) is 3. The molecule has 0 radical (unpaired) electrons. The smallest absolute Gasteiger partial charge is 0.407 e. The summed E-state index contributed by atoms with van der Waals surface area (Å²) in [4.78, 5) is 24.0. The van der Waals surface area contributed by atoms with Crippen molar-refractivity contribution in [1.82, 2.24) is 5.32 Å². The fourth-order valence-corrected chi connectivity index (χ4v) is 3.04. The maximum Gasteiger partial charge on any atom is 0.407 e. The molecule has 1 atom stereocenters. The minimum atomic E-state index is -0.661. The monoisotopic (exact) mass is 405 g/mol. The van der Waals surface area contributed by atoms with Crippen molar-refractivity contribution in [3.05, 3.63) is 0 Å². The summed E-state index contributed by atoms with van der Waals surface area (Å²) in [5.74, 6) is 0.378. The Morgan fingerprint density at radius 3 is 2.11 bits per heavy atom. The molecular formula is C20H39NO5S. The summed E-state index contributed by atoms with van der Waals surface area (Å²) in [6.07, 6.45) is 12.8. The second-order valence-electron chi connectivity index (χ2n) is 6.60. The summed E-state index contributed by atoms with van der Waals surface area (Å²) in [5.41, 5.74) is 0. The fraction of sp³-hybridized carbons (Fsp3) is 0.900. The first-order valence-corrected chi connectivity index (χ1v) is 11.6. The van der Waals surface area contributed by atoms with E-state index in [0.717, 1.165) is 18.6 Å². The van der Waals surface area contributed by atoms with E-state index >= 15 is 0 Å². The molecule has 6 nitrogen and oxygen atoms in total. The summed E-state index contributed by atoms with van der Waals surface area (Å²) in [6.45, 7) is 3.12. The van der Waals surface area contributed by atoms with E-state index in [4.69, 9.17) is 14.2 Å². The Kier molecular flexibility index (Phi) is 19.1. The Balaban J connectivity index is 3.89. The molecule has 0 aliphatic heterocycles. The average molecular weight is 406 g/mol. The lowest BCUT2D eigenvalue weighted by Crippen LogP contribution is -2.42.